The highest BCUT2D eigenvalue weighted by molar-refractivity contribution is 14.1. The molecular weight excluding hydrogens is 291 g/mol. The van der Waals surface area contributed by atoms with Crippen LogP contribution in [0, 0.1) is 0 Å². The van der Waals surface area contributed by atoms with Crippen molar-refractivity contribution in [2.45, 2.75) is 12.8 Å². The third kappa shape index (κ3) is 2.00. The minimum Gasteiger partial charge on any atom is -0.304 e. The lowest BCUT2D eigenvalue weighted by molar-refractivity contribution is 0.256. The second-order valence-corrected chi connectivity index (χ2v) is 4.26. The molecule has 0 atom stereocenters. The van der Waals surface area contributed by atoms with Crippen molar-refractivity contribution in [2.24, 2.45) is 0 Å². The van der Waals surface area contributed by atoms with E-state index in [1.54, 1.807) is 0 Å². The van der Waals surface area contributed by atoms with Crippen LogP contribution in [-0.2, 0) is 6.42 Å². The van der Waals surface area contributed by atoms with Gasteiger partial charge in [0.15, 0.2) is 0 Å². The van der Waals surface area contributed by atoms with E-state index in [2.05, 4.69) is 33.2 Å². The first kappa shape index (κ1) is 9.76. The molecule has 3 nitrogen and oxygen atoms in total. The van der Waals surface area contributed by atoms with Crippen LogP contribution in [0.2, 0.25) is 0 Å². The molecule has 1 aromatic carbocycles. The van der Waals surface area contributed by atoms with E-state index in [1.807, 2.05) is 18.2 Å². The second-order valence-electron chi connectivity index (χ2n) is 3.19. The Bertz CT molecular complexity index is 365. The number of halogens is 1. The molecule has 14 heavy (non-hydrogen) atoms. The number of benzene rings is 1. The molecule has 1 radical (unpaired) electrons. The SMILES string of the molecule is O=C1[N]c2cc(CCCI)ccc2N1. The number of hydrogen-bond acceptors (Lipinski definition) is 1. The molecule has 0 spiro atoms. The highest BCUT2D eigenvalue weighted by Crippen LogP contribution is 2.28. The van der Waals surface area contributed by atoms with Crippen LogP contribution in [-0.4, -0.2) is 10.5 Å². The Morgan fingerprint density at radius 1 is 1.43 bits per heavy atom. The zero-order valence-corrected chi connectivity index (χ0v) is 9.74. The predicted octanol–water partition coefficient (Wildman–Crippen LogP) is 2.84. The van der Waals surface area contributed by atoms with Crippen molar-refractivity contribution >= 4 is 40.0 Å². The minimum absolute atomic E-state index is 0.258. The fourth-order valence-electron chi connectivity index (χ4n) is 1.45. The van der Waals surface area contributed by atoms with Crippen LogP contribution in [0.5, 0.6) is 0 Å². The molecule has 0 fully saturated rings. The average Bonchev–Trinajstić information content (AvgIpc) is 2.54. The number of nitrogens with zero attached hydrogens (tertiary/aromatic N) is 1. The molecule has 1 N–H and O–H groups in total. The highest BCUT2D eigenvalue weighted by Gasteiger charge is 2.18. The quantitative estimate of drug-likeness (QED) is 0.677. The van der Waals surface area contributed by atoms with Gasteiger partial charge in [0.2, 0.25) is 0 Å². The van der Waals surface area contributed by atoms with Crippen molar-refractivity contribution in [1.82, 2.24) is 5.32 Å². The van der Waals surface area contributed by atoms with Crippen LogP contribution in [0.4, 0.5) is 16.2 Å². The molecule has 0 bridgehead atoms. The van der Waals surface area contributed by atoms with Gasteiger partial charge in [-0.1, -0.05) is 28.7 Å². The number of fused-ring (bicyclic) bond motifs is 1. The number of amides is 2. The van der Waals surface area contributed by atoms with Crippen LogP contribution < -0.4 is 10.6 Å². The number of urea groups is 1. The van der Waals surface area contributed by atoms with Gasteiger partial charge in [0, 0.05) is 0 Å². The molecule has 2 rings (SSSR count). The third-order valence-corrected chi connectivity index (χ3v) is 2.89. The Hall–Kier alpha value is -0.780. The van der Waals surface area contributed by atoms with Gasteiger partial charge in [-0.05, 0) is 35.0 Å². The monoisotopic (exact) mass is 301 g/mol. The molecule has 1 aromatic rings. The summed E-state index contributed by atoms with van der Waals surface area (Å²) in [5.74, 6) is 0. The van der Waals surface area contributed by atoms with Crippen molar-refractivity contribution in [3.05, 3.63) is 23.8 Å². The molecule has 1 aliphatic rings. The van der Waals surface area contributed by atoms with Gasteiger partial charge in [0.05, 0.1) is 11.4 Å². The summed E-state index contributed by atoms with van der Waals surface area (Å²) >= 11 is 2.36. The Labute approximate surface area is 96.4 Å². The summed E-state index contributed by atoms with van der Waals surface area (Å²) in [7, 11) is 0. The van der Waals surface area contributed by atoms with Crippen molar-refractivity contribution in [3.8, 4) is 0 Å². The summed E-state index contributed by atoms with van der Waals surface area (Å²) in [4.78, 5) is 10.9. The molecule has 0 saturated carbocycles. The molecule has 0 aliphatic carbocycles. The average molecular weight is 301 g/mol. The molecule has 0 saturated heterocycles. The predicted molar refractivity (Wildman–Crippen MR) is 64.5 cm³/mol. The number of nitrogens with one attached hydrogen (secondary N) is 1. The summed E-state index contributed by atoms with van der Waals surface area (Å²) in [5.41, 5.74) is 2.86. The van der Waals surface area contributed by atoms with Crippen LogP contribution in [0.1, 0.15) is 12.0 Å². The van der Waals surface area contributed by atoms with Gasteiger partial charge in [-0.2, -0.15) is 5.32 Å². The molecule has 0 aromatic heterocycles. The molecule has 1 aliphatic heterocycles. The Kier molecular flexibility index (Phi) is 2.90. The largest absolute Gasteiger partial charge is 0.346 e. The lowest BCUT2D eigenvalue weighted by Gasteiger charge is -2.01. The molecule has 73 valence electrons. The summed E-state index contributed by atoms with van der Waals surface area (Å²) in [6, 6.07) is 5.70. The molecule has 1 heterocycles. The van der Waals surface area contributed by atoms with Gasteiger partial charge in [0.1, 0.15) is 0 Å². The molecule has 0 unspecified atom stereocenters. The van der Waals surface area contributed by atoms with Crippen molar-refractivity contribution in [2.75, 3.05) is 9.74 Å². The van der Waals surface area contributed by atoms with E-state index >= 15 is 0 Å². The van der Waals surface area contributed by atoms with Crippen LogP contribution in [0.15, 0.2) is 18.2 Å². The van der Waals surface area contributed by atoms with Gasteiger partial charge >= 0.3 is 6.03 Å². The second kappa shape index (κ2) is 4.16. The zero-order valence-electron chi connectivity index (χ0n) is 7.59. The van der Waals surface area contributed by atoms with E-state index in [0.29, 0.717) is 0 Å². The van der Waals surface area contributed by atoms with Gasteiger partial charge in [-0.15, -0.1) is 0 Å². The molecule has 4 heteroatoms. The summed E-state index contributed by atoms with van der Waals surface area (Å²) < 4.78 is 1.16. The van der Waals surface area contributed by atoms with Crippen molar-refractivity contribution in [3.63, 3.8) is 0 Å². The number of rotatable bonds is 3. The summed E-state index contributed by atoms with van der Waals surface area (Å²) in [6.07, 6.45) is 2.22. The zero-order chi connectivity index (χ0) is 9.97. The smallest absolute Gasteiger partial charge is 0.304 e. The first-order chi connectivity index (χ1) is 6.79. The van der Waals surface area contributed by atoms with Crippen LogP contribution >= 0.6 is 22.6 Å². The Balaban J connectivity index is 2.16. The minimum atomic E-state index is -0.258. The maximum Gasteiger partial charge on any atom is 0.346 e. The van der Waals surface area contributed by atoms with E-state index in [4.69, 9.17) is 0 Å². The standard InChI is InChI=1S/C10H10IN2O/c11-5-1-2-7-3-4-8-9(6-7)13-10(14)12-8/h3-4,6H,1-2,5H2,(H,12,14). The van der Waals surface area contributed by atoms with Gasteiger partial charge < -0.3 is 5.32 Å². The summed E-state index contributed by atoms with van der Waals surface area (Å²) in [5, 5.41) is 6.54. The number of alkyl halides is 1. The highest BCUT2D eigenvalue weighted by atomic mass is 127. The lowest BCUT2D eigenvalue weighted by Crippen LogP contribution is -2.08. The fourth-order valence-corrected chi connectivity index (χ4v) is 1.84. The van der Waals surface area contributed by atoms with E-state index in [-0.39, 0.29) is 6.03 Å². The Morgan fingerprint density at radius 3 is 3.07 bits per heavy atom. The number of carbonyl (C=O) groups excluding carboxylic acids is 1. The van der Waals surface area contributed by atoms with Gasteiger partial charge in [-0.25, -0.2) is 4.79 Å². The number of anilines is 1. The lowest BCUT2D eigenvalue weighted by atomic mass is 10.1. The Morgan fingerprint density at radius 2 is 2.29 bits per heavy atom. The van der Waals surface area contributed by atoms with E-state index in [1.165, 1.54) is 12.0 Å². The van der Waals surface area contributed by atoms with Gasteiger partial charge in [-0.3, -0.25) is 0 Å². The van der Waals surface area contributed by atoms with Crippen LogP contribution in [0.25, 0.3) is 0 Å². The number of hydrogen-bond donors (Lipinski definition) is 1. The van der Waals surface area contributed by atoms with Crippen molar-refractivity contribution in [1.29, 1.82) is 0 Å². The maximum atomic E-state index is 10.9. The molecule has 2 amide bonds. The van der Waals surface area contributed by atoms with E-state index in [0.717, 1.165) is 22.2 Å². The van der Waals surface area contributed by atoms with E-state index < -0.39 is 0 Å². The van der Waals surface area contributed by atoms with E-state index in [9.17, 15) is 4.79 Å². The van der Waals surface area contributed by atoms with Crippen molar-refractivity contribution < 1.29 is 4.79 Å². The third-order valence-electron chi connectivity index (χ3n) is 2.12. The molecular formula is C10H10IN2O. The van der Waals surface area contributed by atoms with Gasteiger partial charge in [0.25, 0.3) is 0 Å². The first-order valence-electron chi connectivity index (χ1n) is 4.51. The number of aryl methyl sites for hydroxylation is 1. The maximum absolute atomic E-state index is 10.9. The number of carbonyl (C=O) groups is 1. The fraction of sp³-hybridized carbons (Fsp3) is 0.300. The summed E-state index contributed by atoms with van der Waals surface area (Å²) in [6.45, 7) is 0. The normalized spacial score (nSPS) is 13.4. The topological polar surface area (TPSA) is 43.2 Å². The van der Waals surface area contributed by atoms with Crippen LogP contribution in [0.3, 0.4) is 0 Å². The first-order valence-corrected chi connectivity index (χ1v) is 6.04.